The lowest BCUT2D eigenvalue weighted by Crippen LogP contribution is -2.17. The van der Waals surface area contributed by atoms with E-state index in [1.54, 1.807) is 49.5 Å². The van der Waals surface area contributed by atoms with E-state index in [1.807, 2.05) is 12.1 Å². The van der Waals surface area contributed by atoms with Crippen molar-refractivity contribution in [1.82, 2.24) is 5.32 Å². The summed E-state index contributed by atoms with van der Waals surface area (Å²) in [6.07, 6.45) is 3.06. The molecule has 0 aliphatic heterocycles. The summed E-state index contributed by atoms with van der Waals surface area (Å²) in [5, 5.41) is 5.33. The highest BCUT2D eigenvalue weighted by Gasteiger charge is 2.06. The number of amides is 3. The van der Waals surface area contributed by atoms with Gasteiger partial charge in [0.05, 0.1) is 11.4 Å². The number of hydrogen-bond donors (Lipinski definition) is 3. The van der Waals surface area contributed by atoms with Crippen LogP contribution in [0, 0.1) is 0 Å². The highest BCUT2D eigenvalue weighted by Crippen LogP contribution is 2.26. The molecular formula is C19H19N3O3S. The molecule has 0 radical (unpaired) electrons. The van der Waals surface area contributed by atoms with E-state index in [-0.39, 0.29) is 17.6 Å². The van der Waals surface area contributed by atoms with Gasteiger partial charge in [-0.15, -0.1) is 11.8 Å². The lowest BCUT2D eigenvalue weighted by molar-refractivity contribution is -0.115. The number of thioether (sulfide) groups is 1. The van der Waals surface area contributed by atoms with Gasteiger partial charge in [0.25, 0.3) is 5.91 Å². The number of nitrogens with two attached hydrogens (primary N) is 1. The topological polar surface area (TPSA) is 101 Å². The molecule has 6 nitrogen and oxygen atoms in total. The van der Waals surface area contributed by atoms with Crippen molar-refractivity contribution >= 4 is 41.2 Å². The third-order valence-corrected chi connectivity index (χ3v) is 4.44. The molecule has 0 saturated heterocycles. The summed E-state index contributed by atoms with van der Waals surface area (Å²) in [5.74, 6) is -0.743. The Kier molecular flexibility index (Phi) is 6.99. The van der Waals surface area contributed by atoms with Crippen molar-refractivity contribution in [3.63, 3.8) is 0 Å². The van der Waals surface area contributed by atoms with E-state index >= 15 is 0 Å². The summed E-state index contributed by atoms with van der Waals surface area (Å²) in [6.45, 7) is 0. The molecule has 0 saturated carbocycles. The Hall–Kier alpha value is -3.06. The molecule has 0 aromatic heterocycles. The fraction of sp³-hybridized carbons (Fsp3) is 0.105. The molecule has 4 N–H and O–H groups in total. The highest BCUT2D eigenvalue weighted by atomic mass is 32.2. The number of benzene rings is 2. The minimum absolute atomic E-state index is 0.139. The first-order chi connectivity index (χ1) is 12.5. The summed E-state index contributed by atoms with van der Waals surface area (Å²) in [5.41, 5.74) is 7.12. The Morgan fingerprint density at radius 2 is 1.77 bits per heavy atom. The Balaban J connectivity index is 2.01. The van der Waals surface area contributed by atoms with Gasteiger partial charge in [0, 0.05) is 23.6 Å². The van der Waals surface area contributed by atoms with Gasteiger partial charge < -0.3 is 16.4 Å². The minimum atomic E-state index is -0.420. The maximum Gasteiger partial charge on any atom is 0.251 e. The van der Waals surface area contributed by atoms with Crippen molar-refractivity contribution < 1.29 is 14.4 Å². The van der Waals surface area contributed by atoms with E-state index in [4.69, 9.17) is 5.73 Å². The number of carbonyl (C=O) groups is 3. The van der Waals surface area contributed by atoms with Crippen molar-refractivity contribution in [3.8, 4) is 0 Å². The van der Waals surface area contributed by atoms with Crippen LogP contribution >= 0.6 is 11.8 Å². The summed E-state index contributed by atoms with van der Waals surface area (Å²) >= 11 is 1.27. The fourth-order valence-electron chi connectivity index (χ4n) is 2.08. The zero-order valence-corrected chi connectivity index (χ0v) is 15.0. The van der Waals surface area contributed by atoms with Gasteiger partial charge in [-0.05, 0) is 35.9 Å². The third-order valence-electron chi connectivity index (χ3n) is 3.34. The molecule has 7 heteroatoms. The van der Waals surface area contributed by atoms with Crippen LogP contribution in [0.5, 0.6) is 0 Å². The lowest BCUT2D eigenvalue weighted by atomic mass is 10.1. The van der Waals surface area contributed by atoms with Gasteiger partial charge >= 0.3 is 0 Å². The van der Waals surface area contributed by atoms with Crippen LogP contribution in [0.3, 0.4) is 0 Å². The molecule has 0 spiro atoms. The molecule has 0 bridgehead atoms. The second kappa shape index (κ2) is 9.43. The van der Waals surface area contributed by atoms with Gasteiger partial charge in [0.15, 0.2) is 0 Å². The van der Waals surface area contributed by atoms with Crippen LogP contribution in [0.4, 0.5) is 5.69 Å². The average molecular weight is 369 g/mol. The van der Waals surface area contributed by atoms with Crippen molar-refractivity contribution in [3.05, 3.63) is 65.7 Å². The van der Waals surface area contributed by atoms with Gasteiger partial charge in [-0.25, -0.2) is 0 Å². The molecule has 3 amide bonds. The summed E-state index contributed by atoms with van der Waals surface area (Å²) in [6, 6.07) is 14.1. The van der Waals surface area contributed by atoms with Crippen LogP contribution in [0.15, 0.2) is 59.5 Å². The maximum atomic E-state index is 12.1. The first-order valence-electron chi connectivity index (χ1n) is 7.81. The van der Waals surface area contributed by atoms with E-state index in [9.17, 15) is 14.4 Å². The van der Waals surface area contributed by atoms with Crippen molar-refractivity contribution in [2.24, 2.45) is 5.73 Å². The number of primary amides is 1. The minimum Gasteiger partial charge on any atom is -0.369 e. The molecule has 0 unspecified atom stereocenters. The van der Waals surface area contributed by atoms with E-state index in [0.29, 0.717) is 11.3 Å². The molecule has 0 aliphatic carbocycles. The Bertz CT molecular complexity index is 832. The first kappa shape index (κ1) is 19.3. The van der Waals surface area contributed by atoms with Crippen molar-refractivity contribution in [2.45, 2.75) is 4.90 Å². The molecule has 0 aliphatic rings. The number of para-hydroxylation sites is 1. The largest absolute Gasteiger partial charge is 0.369 e. The van der Waals surface area contributed by atoms with Gasteiger partial charge in [0.2, 0.25) is 11.8 Å². The van der Waals surface area contributed by atoms with E-state index in [0.717, 1.165) is 10.5 Å². The van der Waals surface area contributed by atoms with Gasteiger partial charge in [-0.3, -0.25) is 14.4 Å². The predicted molar refractivity (Wildman–Crippen MR) is 104 cm³/mol. The average Bonchev–Trinajstić information content (AvgIpc) is 2.65. The third kappa shape index (κ3) is 5.78. The Morgan fingerprint density at radius 1 is 1.08 bits per heavy atom. The quantitative estimate of drug-likeness (QED) is 0.515. The normalized spacial score (nSPS) is 10.5. The van der Waals surface area contributed by atoms with Crippen LogP contribution in [0.1, 0.15) is 15.9 Å². The molecular weight excluding hydrogens is 350 g/mol. The number of carbonyl (C=O) groups excluding carboxylic acids is 3. The fourth-order valence-corrected chi connectivity index (χ4v) is 2.83. The standard InChI is InChI=1S/C19H19N3O3S/c1-21-19(25)14-9-6-13(7-10-14)8-11-18(24)22-15-4-2-3-5-16(15)26-12-17(20)23/h2-11H,12H2,1H3,(H2,20,23)(H,21,25)(H,22,24)/b11-8+. The number of nitrogens with one attached hydrogen (secondary N) is 2. The highest BCUT2D eigenvalue weighted by molar-refractivity contribution is 8.00. The summed E-state index contributed by atoms with van der Waals surface area (Å²) in [4.78, 5) is 35.3. The molecule has 2 rings (SSSR count). The molecule has 134 valence electrons. The van der Waals surface area contributed by atoms with E-state index < -0.39 is 5.91 Å². The van der Waals surface area contributed by atoms with E-state index in [1.165, 1.54) is 17.8 Å². The lowest BCUT2D eigenvalue weighted by Gasteiger charge is -2.08. The molecule has 2 aromatic carbocycles. The number of rotatable bonds is 7. The predicted octanol–water partition coefficient (Wildman–Crippen LogP) is 2.28. The van der Waals surface area contributed by atoms with Crippen LogP contribution in [-0.2, 0) is 9.59 Å². The van der Waals surface area contributed by atoms with Gasteiger partial charge in [-0.2, -0.15) is 0 Å². The Labute approximate surface area is 155 Å². The first-order valence-corrected chi connectivity index (χ1v) is 8.79. The summed E-state index contributed by atoms with van der Waals surface area (Å²) < 4.78 is 0. The van der Waals surface area contributed by atoms with Crippen LogP contribution in [0.2, 0.25) is 0 Å². The van der Waals surface area contributed by atoms with E-state index in [2.05, 4.69) is 10.6 Å². The number of anilines is 1. The van der Waals surface area contributed by atoms with Gasteiger partial charge in [0.1, 0.15) is 0 Å². The van der Waals surface area contributed by atoms with Crippen LogP contribution in [0.25, 0.3) is 6.08 Å². The SMILES string of the molecule is CNC(=O)c1ccc(/C=C/C(=O)Nc2ccccc2SCC(N)=O)cc1. The smallest absolute Gasteiger partial charge is 0.251 e. The molecule has 2 aromatic rings. The van der Waals surface area contributed by atoms with Crippen LogP contribution < -0.4 is 16.4 Å². The zero-order chi connectivity index (χ0) is 18.9. The molecule has 0 atom stereocenters. The zero-order valence-electron chi connectivity index (χ0n) is 14.2. The Morgan fingerprint density at radius 3 is 2.42 bits per heavy atom. The molecule has 0 fully saturated rings. The molecule has 26 heavy (non-hydrogen) atoms. The molecule has 0 heterocycles. The maximum absolute atomic E-state index is 12.1. The van der Waals surface area contributed by atoms with Crippen LogP contribution in [-0.4, -0.2) is 30.5 Å². The number of hydrogen-bond acceptors (Lipinski definition) is 4. The van der Waals surface area contributed by atoms with Crippen molar-refractivity contribution in [1.29, 1.82) is 0 Å². The second-order valence-electron chi connectivity index (χ2n) is 5.27. The monoisotopic (exact) mass is 369 g/mol. The second-order valence-corrected chi connectivity index (χ2v) is 6.29. The van der Waals surface area contributed by atoms with Crippen molar-refractivity contribution in [2.75, 3.05) is 18.1 Å². The summed E-state index contributed by atoms with van der Waals surface area (Å²) in [7, 11) is 1.57. The van der Waals surface area contributed by atoms with Gasteiger partial charge in [-0.1, -0.05) is 24.3 Å².